The molecule has 1 saturated heterocycles. The lowest BCUT2D eigenvalue weighted by Crippen LogP contribution is -2.40. The summed E-state index contributed by atoms with van der Waals surface area (Å²) < 4.78 is 20.2. The zero-order valence-corrected chi connectivity index (χ0v) is 18.7. The van der Waals surface area contributed by atoms with Gasteiger partial charge in [0, 0.05) is 18.2 Å². The molecule has 1 aliphatic carbocycles. The zero-order chi connectivity index (χ0) is 24.5. The number of carbonyl (C=O) groups is 3. The van der Waals surface area contributed by atoms with Gasteiger partial charge in [-0.1, -0.05) is 48.5 Å². The molecule has 0 unspecified atom stereocenters. The van der Waals surface area contributed by atoms with Crippen LogP contribution in [0.4, 0.5) is 14.9 Å². The third kappa shape index (κ3) is 4.23. The minimum absolute atomic E-state index is 0.104. The van der Waals surface area contributed by atoms with E-state index in [4.69, 9.17) is 4.74 Å². The number of anilines is 1. The average Bonchev–Trinajstić information content (AvgIpc) is 3.46. The van der Waals surface area contributed by atoms with Crippen LogP contribution in [0.15, 0.2) is 66.7 Å². The van der Waals surface area contributed by atoms with Crippen LogP contribution in [0.2, 0.25) is 0 Å². The molecule has 2 aliphatic rings. The van der Waals surface area contributed by atoms with Crippen LogP contribution < -0.4 is 5.32 Å². The lowest BCUT2D eigenvalue weighted by atomic mass is 9.98. The molecule has 5 rings (SSSR count). The number of nitrogens with one attached hydrogen (secondary N) is 1. The Kier molecular flexibility index (Phi) is 5.94. The van der Waals surface area contributed by atoms with Gasteiger partial charge in [0.25, 0.3) is 5.91 Å². The summed E-state index contributed by atoms with van der Waals surface area (Å²) in [4.78, 5) is 37.6. The van der Waals surface area contributed by atoms with Gasteiger partial charge in [0.2, 0.25) is 0 Å². The number of carboxylic acid groups (broad SMARTS) is 1. The van der Waals surface area contributed by atoms with Crippen molar-refractivity contribution in [2.45, 2.75) is 24.8 Å². The highest BCUT2D eigenvalue weighted by Gasteiger charge is 2.35. The molecule has 8 heteroatoms. The summed E-state index contributed by atoms with van der Waals surface area (Å²) in [5.41, 5.74) is 4.28. The normalized spacial score (nSPS) is 16.5. The van der Waals surface area contributed by atoms with E-state index in [0.717, 1.165) is 28.3 Å². The Morgan fingerprint density at radius 2 is 1.66 bits per heavy atom. The molecule has 0 spiro atoms. The molecule has 0 bridgehead atoms. The predicted octanol–water partition coefficient (Wildman–Crippen LogP) is 4.88. The van der Waals surface area contributed by atoms with Crippen molar-refractivity contribution in [3.8, 4) is 11.1 Å². The van der Waals surface area contributed by atoms with E-state index >= 15 is 0 Å². The largest absolute Gasteiger partial charge is 0.480 e. The first-order valence-corrected chi connectivity index (χ1v) is 11.4. The highest BCUT2D eigenvalue weighted by Crippen LogP contribution is 2.44. The first-order valence-electron chi connectivity index (χ1n) is 11.4. The van der Waals surface area contributed by atoms with Gasteiger partial charge in [-0.05, 0) is 53.3 Å². The molecule has 0 saturated carbocycles. The molecule has 7 nitrogen and oxygen atoms in total. The van der Waals surface area contributed by atoms with Crippen molar-refractivity contribution >= 4 is 23.7 Å². The average molecular weight is 474 g/mol. The van der Waals surface area contributed by atoms with E-state index in [-0.39, 0.29) is 30.3 Å². The number of benzene rings is 3. The number of hydrogen-bond donors (Lipinski definition) is 2. The van der Waals surface area contributed by atoms with E-state index in [0.29, 0.717) is 12.8 Å². The maximum Gasteiger partial charge on any atom is 0.411 e. The Morgan fingerprint density at radius 1 is 1.00 bits per heavy atom. The van der Waals surface area contributed by atoms with Crippen LogP contribution in [0.25, 0.3) is 11.1 Å². The summed E-state index contributed by atoms with van der Waals surface area (Å²) in [5, 5.41) is 11.8. The van der Waals surface area contributed by atoms with Crippen molar-refractivity contribution in [3.05, 3.63) is 89.2 Å². The molecule has 3 aromatic rings. The molecule has 1 atom stereocenters. The van der Waals surface area contributed by atoms with Crippen molar-refractivity contribution in [1.29, 1.82) is 0 Å². The van der Waals surface area contributed by atoms with Gasteiger partial charge in [0.05, 0.1) is 5.56 Å². The number of fused-ring (bicyclic) bond motifs is 3. The zero-order valence-electron chi connectivity index (χ0n) is 18.7. The van der Waals surface area contributed by atoms with Crippen LogP contribution in [0, 0.1) is 5.82 Å². The number of hydrogen-bond acceptors (Lipinski definition) is 4. The summed E-state index contributed by atoms with van der Waals surface area (Å²) in [6.07, 6.45) is 0.145. The molecule has 0 aromatic heterocycles. The molecule has 2 amide bonds. The van der Waals surface area contributed by atoms with E-state index in [1.54, 1.807) is 0 Å². The third-order valence-electron chi connectivity index (χ3n) is 6.59. The van der Waals surface area contributed by atoms with Crippen molar-refractivity contribution in [3.63, 3.8) is 0 Å². The number of aliphatic carboxylic acids is 1. The fourth-order valence-corrected chi connectivity index (χ4v) is 4.94. The van der Waals surface area contributed by atoms with Gasteiger partial charge in [-0.25, -0.2) is 14.0 Å². The second-order valence-electron chi connectivity index (χ2n) is 8.64. The highest BCUT2D eigenvalue weighted by atomic mass is 19.1. The molecule has 178 valence electrons. The van der Waals surface area contributed by atoms with Gasteiger partial charge < -0.3 is 14.7 Å². The lowest BCUT2D eigenvalue weighted by molar-refractivity contribution is -0.141. The Hall–Kier alpha value is -4.20. The van der Waals surface area contributed by atoms with Gasteiger partial charge in [-0.3, -0.25) is 10.1 Å². The predicted molar refractivity (Wildman–Crippen MR) is 127 cm³/mol. The lowest BCUT2D eigenvalue weighted by Gasteiger charge is -2.21. The molecule has 35 heavy (non-hydrogen) atoms. The Morgan fingerprint density at radius 3 is 2.29 bits per heavy atom. The van der Waals surface area contributed by atoms with Gasteiger partial charge in [0.1, 0.15) is 18.5 Å². The molecule has 1 fully saturated rings. The fourth-order valence-electron chi connectivity index (χ4n) is 4.94. The number of likely N-dealkylation sites (tertiary alicyclic amines) is 1. The van der Waals surface area contributed by atoms with E-state index in [9.17, 15) is 23.9 Å². The maximum atomic E-state index is 14.7. The van der Waals surface area contributed by atoms with Crippen LogP contribution >= 0.6 is 0 Å². The molecule has 0 radical (unpaired) electrons. The van der Waals surface area contributed by atoms with E-state index < -0.39 is 29.8 Å². The van der Waals surface area contributed by atoms with Gasteiger partial charge in [-0.2, -0.15) is 0 Å². The summed E-state index contributed by atoms with van der Waals surface area (Å²) in [7, 11) is 0. The van der Waals surface area contributed by atoms with E-state index in [1.807, 2.05) is 48.5 Å². The monoisotopic (exact) mass is 474 g/mol. The van der Waals surface area contributed by atoms with E-state index in [1.165, 1.54) is 17.0 Å². The Labute approximate surface area is 201 Å². The fraction of sp³-hybridized carbons (Fsp3) is 0.222. The van der Waals surface area contributed by atoms with Crippen LogP contribution in [-0.2, 0) is 9.53 Å². The number of amides is 2. The summed E-state index contributed by atoms with van der Waals surface area (Å²) in [6, 6.07) is 18.7. The second-order valence-corrected chi connectivity index (χ2v) is 8.64. The second kappa shape index (κ2) is 9.21. The molecule has 1 heterocycles. The number of halogens is 1. The number of ether oxygens (including phenoxy) is 1. The Bertz CT molecular complexity index is 1280. The maximum absolute atomic E-state index is 14.7. The standard InChI is InChI=1S/C27H23FN2O5/c28-23-14-16(11-12-21(23)25(31)30-13-5-10-24(30)26(32)33)29-27(34)35-15-22-19-8-3-1-6-17(19)18-7-2-4-9-20(18)22/h1-4,6-9,11-12,14,22,24H,5,10,13,15H2,(H,29,34)(H,32,33)/t24-/m1/s1. The number of rotatable bonds is 5. The van der Waals surface area contributed by atoms with Crippen molar-refractivity contribution in [2.24, 2.45) is 0 Å². The summed E-state index contributed by atoms with van der Waals surface area (Å²) >= 11 is 0. The topological polar surface area (TPSA) is 95.9 Å². The molecule has 2 N–H and O–H groups in total. The quantitative estimate of drug-likeness (QED) is 0.550. The SMILES string of the molecule is O=C(Nc1ccc(C(=O)N2CCC[C@@H]2C(=O)O)c(F)c1)OCC1c2ccccc2-c2ccccc21. The smallest absolute Gasteiger partial charge is 0.411 e. The molecule has 3 aromatic carbocycles. The van der Waals surface area contributed by atoms with Crippen LogP contribution in [0.3, 0.4) is 0 Å². The number of carbonyl (C=O) groups excluding carboxylic acids is 2. The van der Waals surface area contributed by atoms with Crippen LogP contribution in [-0.4, -0.2) is 47.2 Å². The van der Waals surface area contributed by atoms with Gasteiger partial charge in [-0.15, -0.1) is 0 Å². The van der Waals surface area contributed by atoms with Crippen LogP contribution in [0.1, 0.15) is 40.2 Å². The van der Waals surface area contributed by atoms with Crippen molar-refractivity contribution < 1.29 is 28.6 Å². The van der Waals surface area contributed by atoms with E-state index in [2.05, 4.69) is 5.32 Å². The van der Waals surface area contributed by atoms with Crippen molar-refractivity contribution in [1.82, 2.24) is 4.90 Å². The van der Waals surface area contributed by atoms with Gasteiger partial charge in [0.15, 0.2) is 0 Å². The molecule has 1 aliphatic heterocycles. The molecular weight excluding hydrogens is 451 g/mol. The summed E-state index contributed by atoms with van der Waals surface area (Å²) in [5.74, 6) is -2.74. The number of carboxylic acids is 1. The van der Waals surface area contributed by atoms with Crippen LogP contribution in [0.5, 0.6) is 0 Å². The Balaban J connectivity index is 1.25. The first kappa shape index (κ1) is 22.6. The minimum atomic E-state index is -1.11. The first-order chi connectivity index (χ1) is 16.9. The highest BCUT2D eigenvalue weighted by molar-refractivity contribution is 5.98. The molecular formula is C27H23FN2O5. The van der Waals surface area contributed by atoms with Gasteiger partial charge >= 0.3 is 12.1 Å². The summed E-state index contributed by atoms with van der Waals surface area (Å²) in [6.45, 7) is 0.374. The number of nitrogens with zero attached hydrogens (tertiary/aromatic N) is 1. The van der Waals surface area contributed by atoms with Crippen molar-refractivity contribution in [2.75, 3.05) is 18.5 Å². The minimum Gasteiger partial charge on any atom is -0.480 e. The third-order valence-corrected chi connectivity index (χ3v) is 6.59.